The molecule has 0 aromatic rings. The van der Waals surface area contributed by atoms with Crippen molar-refractivity contribution in [3.8, 4) is 0 Å². The average molecular weight is 344 g/mol. The SMILES string of the molecule is CCC(=O)[C@@]1(O)CC[C@H]2[C@@H]3CCC4=CC(=O)CC[C@]4(C)[C@H]3CC[C@@]21C. The molecule has 4 aliphatic rings. The Morgan fingerprint density at radius 2 is 1.84 bits per heavy atom. The molecule has 0 heterocycles. The molecule has 0 saturated heterocycles. The van der Waals surface area contributed by atoms with Gasteiger partial charge in [0.1, 0.15) is 5.60 Å². The van der Waals surface area contributed by atoms with Crippen molar-refractivity contribution in [3.63, 3.8) is 0 Å². The molecule has 0 bridgehead atoms. The molecule has 0 aromatic carbocycles. The first-order valence-electron chi connectivity index (χ1n) is 10.3. The molecule has 0 aliphatic heterocycles. The fourth-order valence-corrected chi connectivity index (χ4v) is 7.33. The minimum absolute atomic E-state index is 0.0434. The Bertz CT molecular complexity index is 650. The molecule has 6 atom stereocenters. The highest BCUT2D eigenvalue weighted by Gasteiger charge is 2.65. The van der Waals surface area contributed by atoms with Crippen molar-refractivity contribution in [1.29, 1.82) is 0 Å². The van der Waals surface area contributed by atoms with Gasteiger partial charge in [0, 0.05) is 18.3 Å². The maximum atomic E-state index is 12.6. The molecule has 3 saturated carbocycles. The Labute approximate surface area is 151 Å². The summed E-state index contributed by atoms with van der Waals surface area (Å²) in [5.74, 6) is 1.99. The summed E-state index contributed by atoms with van der Waals surface area (Å²) in [6.45, 7) is 6.44. The lowest BCUT2D eigenvalue weighted by Gasteiger charge is -2.58. The van der Waals surface area contributed by atoms with Crippen LogP contribution in [0, 0.1) is 28.6 Å². The molecule has 3 heteroatoms. The van der Waals surface area contributed by atoms with Crippen LogP contribution in [0.2, 0.25) is 0 Å². The van der Waals surface area contributed by atoms with Crippen LogP contribution in [0.1, 0.15) is 78.6 Å². The highest BCUT2D eigenvalue weighted by molar-refractivity contribution is 5.91. The van der Waals surface area contributed by atoms with Gasteiger partial charge in [-0.2, -0.15) is 0 Å². The van der Waals surface area contributed by atoms with E-state index in [0.717, 1.165) is 38.5 Å². The Morgan fingerprint density at radius 1 is 1.12 bits per heavy atom. The Hall–Kier alpha value is -0.960. The first-order chi connectivity index (χ1) is 11.8. The van der Waals surface area contributed by atoms with Gasteiger partial charge < -0.3 is 5.11 Å². The van der Waals surface area contributed by atoms with Gasteiger partial charge in [-0.05, 0) is 74.2 Å². The zero-order chi connectivity index (χ0) is 18.0. The van der Waals surface area contributed by atoms with Gasteiger partial charge in [0.05, 0.1) is 0 Å². The summed E-state index contributed by atoms with van der Waals surface area (Å²) in [7, 11) is 0. The van der Waals surface area contributed by atoms with Crippen molar-refractivity contribution in [2.24, 2.45) is 28.6 Å². The summed E-state index contributed by atoms with van der Waals surface area (Å²) >= 11 is 0. The highest BCUT2D eigenvalue weighted by Crippen LogP contribution is 2.67. The summed E-state index contributed by atoms with van der Waals surface area (Å²) < 4.78 is 0. The molecule has 0 spiro atoms. The van der Waals surface area contributed by atoms with E-state index in [1.165, 1.54) is 5.57 Å². The third kappa shape index (κ3) is 2.14. The average Bonchev–Trinajstić information content (AvgIpc) is 2.87. The van der Waals surface area contributed by atoms with E-state index in [1.54, 1.807) is 0 Å². The first-order valence-corrected chi connectivity index (χ1v) is 10.3. The van der Waals surface area contributed by atoms with Crippen molar-refractivity contribution < 1.29 is 14.7 Å². The third-order valence-corrected chi connectivity index (χ3v) is 8.90. The number of Topliss-reactive ketones (excluding diaryl/α,β-unsaturated/α-hetero) is 1. The van der Waals surface area contributed by atoms with Crippen LogP contribution in [-0.4, -0.2) is 22.3 Å². The summed E-state index contributed by atoms with van der Waals surface area (Å²) in [4.78, 5) is 24.5. The van der Waals surface area contributed by atoms with E-state index >= 15 is 0 Å². The normalized spacial score (nSPS) is 49.0. The number of rotatable bonds is 2. The van der Waals surface area contributed by atoms with Crippen LogP contribution < -0.4 is 0 Å². The minimum atomic E-state index is -1.11. The lowest BCUT2D eigenvalue weighted by molar-refractivity contribution is -0.161. The van der Waals surface area contributed by atoms with E-state index in [1.807, 2.05) is 13.0 Å². The highest BCUT2D eigenvalue weighted by atomic mass is 16.3. The zero-order valence-electron chi connectivity index (χ0n) is 15.9. The van der Waals surface area contributed by atoms with Gasteiger partial charge in [0.2, 0.25) is 0 Å². The minimum Gasteiger partial charge on any atom is -0.381 e. The first kappa shape index (κ1) is 17.5. The predicted octanol–water partition coefficient (Wildman–Crippen LogP) is 4.23. The molecule has 0 amide bonds. The second-order valence-electron chi connectivity index (χ2n) is 9.60. The second-order valence-corrected chi connectivity index (χ2v) is 9.60. The van der Waals surface area contributed by atoms with Crippen LogP contribution in [0.25, 0.3) is 0 Å². The van der Waals surface area contributed by atoms with Crippen molar-refractivity contribution in [2.75, 3.05) is 0 Å². The summed E-state index contributed by atoms with van der Waals surface area (Å²) in [6, 6.07) is 0. The maximum absolute atomic E-state index is 12.6. The summed E-state index contributed by atoms with van der Waals surface area (Å²) in [6.07, 6.45) is 9.83. The number of ketones is 2. The number of fused-ring (bicyclic) bond motifs is 5. The molecule has 4 rings (SSSR count). The maximum Gasteiger partial charge on any atom is 0.164 e. The molecular formula is C22H32O3. The number of hydrogen-bond donors (Lipinski definition) is 1. The van der Waals surface area contributed by atoms with Crippen LogP contribution in [0.3, 0.4) is 0 Å². The molecular weight excluding hydrogens is 312 g/mol. The van der Waals surface area contributed by atoms with E-state index in [2.05, 4.69) is 13.8 Å². The van der Waals surface area contributed by atoms with Gasteiger partial charge in [0.25, 0.3) is 0 Å². The number of aliphatic hydroxyl groups is 1. The van der Waals surface area contributed by atoms with E-state index < -0.39 is 5.60 Å². The number of carbonyl (C=O) groups is 2. The van der Waals surface area contributed by atoms with Crippen LogP contribution in [-0.2, 0) is 9.59 Å². The fraction of sp³-hybridized carbons (Fsp3) is 0.818. The second kappa shape index (κ2) is 5.52. The predicted molar refractivity (Wildman–Crippen MR) is 97.0 cm³/mol. The molecule has 3 fully saturated rings. The Morgan fingerprint density at radius 3 is 2.56 bits per heavy atom. The standard InChI is InChI=1S/C22H32O3/c1-4-19(24)22(25)12-9-18-16-6-5-14-13-15(23)7-10-20(14,2)17(16)8-11-21(18,22)3/h13,16-18,25H,4-12H2,1-3H3/t16-,17+,18+,20+,21+,22+/m1/s1. The topological polar surface area (TPSA) is 54.4 Å². The molecule has 0 aromatic heterocycles. The largest absolute Gasteiger partial charge is 0.381 e. The van der Waals surface area contributed by atoms with Crippen molar-refractivity contribution >= 4 is 11.6 Å². The van der Waals surface area contributed by atoms with E-state index in [9.17, 15) is 14.7 Å². The van der Waals surface area contributed by atoms with Crippen molar-refractivity contribution in [3.05, 3.63) is 11.6 Å². The van der Waals surface area contributed by atoms with Gasteiger partial charge in [-0.3, -0.25) is 9.59 Å². The number of allylic oxidation sites excluding steroid dienone is 1. The van der Waals surface area contributed by atoms with Crippen LogP contribution >= 0.6 is 0 Å². The number of carbonyl (C=O) groups excluding carboxylic acids is 2. The van der Waals surface area contributed by atoms with Crippen molar-refractivity contribution in [1.82, 2.24) is 0 Å². The van der Waals surface area contributed by atoms with E-state index in [0.29, 0.717) is 42.8 Å². The lowest BCUT2D eigenvalue weighted by Crippen LogP contribution is -2.57. The monoisotopic (exact) mass is 344 g/mol. The quantitative estimate of drug-likeness (QED) is 0.815. The van der Waals surface area contributed by atoms with E-state index in [4.69, 9.17) is 0 Å². The molecule has 4 aliphatic carbocycles. The van der Waals surface area contributed by atoms with Gasteiger partial charge in [-0.25, -0.2) is 0 Å². The lowest BCUT2D eigenvalue weighted by atomic mass is 9.46. The van der Waals surface area contributed by atoms with Gasteiger partial charge in [-0.15, -0.1) is 0 Å². The van der Waals surface area contributed by atoms with Crippen LogP contribution in [0.4, 0.5) is 0 Å². The van der Waals surface area contributed by atoms with E-state index in [-0.39, 0.29) is 16.6 Å². The molecule has 0 radical (unpaired) electrons. The molecule has 25 heavy (non-hydrogen) atoms. The number of hydrogen-bond acceptors (Lipinski definition) is 3. The van der Waals surface area contributed by atoms with Crippen molar-refractivity contribution in [2.45, 2.75) is 84.2 Å². The van der Waals surface area contributed by atoms with Crippen LogP contribution in [0.15, 0.2) is 11.6 Å². The van der Waals surface area contributed by atoms with Gasteiger partial charge in [-0.1, -0.05) is 26.3 Å². The summed E-state index contributed by atoms with van der Waals surface area (Å²) in [5.41, 5.74) is 0.167. The fourth-order valence-electron chi connectivity index (χ4n) is 7.33. The molecule has 0 unspecified atom stereocenters. The smallest absolute Gasteiger partial charge is 0.164 e. The summed E-state index contributed by atoms with van der Waals surface area (Å²) in [5, 5.41) is 11.3. The molecule has 1 N–H and O–H groups in total. The Kier molecular flexibility index (Phi) is 3.85. The van der Waals surface area contributed by atoms with Crippen LogP contribution in [0.5, 0.6) is 0 Å². The van der Waals surface area contributed by atoms with Gasteiger partial charge >= 0.3 is 0 Å². The molecule has 3 nitrogen and oxygen atoms in total. The Balaban J connectivity index is 1.68. The van der Waals surface area contributed by atoms with Gasteiger partial charge in [0.15, 0.2) is 11.6 Å². The zero-order valence-corrected chi connectivity index (χ0v) is 15.9. The third-order valence-electron chi connectivity index (χ3n) is 8.90. The molecule has 138 valence electrons.